The Morgan fingerprint density at radius 3 is 2.37 bits per heavy atom. The SMILES string of the molecule is O=C(NCCCOc1cccc([N+](=O)[O-])c1)C(Cc1ccccc1)c1ccccc1. The van der Waals surface area contributed by atoms with Crippen LogP contribution in [0.5, 0.6) is 5.75 Å². The Bertz CT molecular complexity index is 961. The molecular formula is C24H24N2O4. The van der Waals surface area contributed by atoms with E-state index in [1.54, 1.807) is 12.1 Å². The topological polar surface area (TPSA) is 81.5 Å². The summed E-state index contributed by atoms with van der Waals surface area (Å²) in [5.74, 6) is 0.147. The molecule has 0 aliphatic heterocycles. The molecule has 1 unspecified atom stereocenters. The molecule has 0 radical (unpaired) electrons. The molecule has 3 rings (SSSR count). The second-order valence-electron chi connectivity index (χ2n) is 6.90. The predicted molar refractivity (Wildman–Crippen MR) is 116 cm³/mol. The highest BCUT2D eigenvalue weighted by Crippen LogP contribution is 2.22. The number of benzene rings is 3. The number of ether oxygens (including phenoxy) is 1. The Balaban J connectivity index is 1.52. The van der Waals surface area contributed by atoms with E-state index < -0.39 is 4.92 Å². The van der Waals surface area contributed by atoms with Gasteiger partial charge in [0.15, 0.2) is 0 Å². The second-order valence-corrected chi connectivity index (χ2v) is 6.90. The summed E-state index contributed by atoms with van der Waals surface area (Å²) in [7, 11) is 0. The molecule has 0 aliphatic rings. The standard InChI is InChI=1S/C24H24N2O4/c27-24(25-15-8-16-30-22-14-7-13-21(18-22)26(28)29)23(20-11-5-2-6-12-20)17-19-9-3-1-4-10-19/h1-7,9-14,18,23H,8,15-17H2,(H,25,27). The Hall–Kier alpha value is -3.67. The van der Waals surface area contributed by atoms with Crippen molar-refractivity contribution in [2.45, 2.75) is 18.8 Å². The van der Waals surface area contributed by atoms with Crippen LogP contribution in [0.2, 0.25) is 0 Å². The van der Waals surface area contributed by atoms with Gasteiger partial charge in [0.1, 0.15) is 5.75 Å². The molecule has 3 aromatic carbocycles. The van der Waals surface area contributed by atoms with Gasteiger partial charge in [0.25, 0.3) is 5.69 Å². The third-order valence-corrected chi connectivity index (χ3v) is 4.72. The van der Waals surface area contributed by atoms with E-state index in [-0.39, 0.29) is 17.5 Å². The minimum atomic E-state index is -0.455. The van der Waals surface area contributed by atoms with Crippen LogP contribution in [-0.2, 0) is 11.2 Å². The van der Waals surface area contributed by atoms with Crippen molar-refractivity contribution < 1.29 is 14.5 Å². The van der Waals surface area contributed by atoms with Crippen LogP contribution >= 0.6 is 0 Å². The lowest BCUT2D eigenvalue weighted by molar-refractivity contribution is -0.384. The maximum absolute atomic E-state index is 12.9. The van der Waals surface area contributed by atoms with Gasteiger partial charge in [0, 0.05) is 12.6 Å². The number of carbonyl (C=O) groups is 1. The van der Waals surface area contributed by atoms with E-state index in [0.29, 0.717) is 31.7 Å². The number of rotatable bonds is 10. The van der Waals surface area contributed by atoms with Crippen molar-refractivity contribution in [3.8, 4) is 5.75 Å². The number of nitro groups is 1. The van der Waals surface area contributed by atoms with Crippen LogP contribution < -0.4 is 10.1 Å². The molecule has 1 atom stereocenters. The quantitative estimate of drug-likeness (QED) is 0.306. The van der Waals surface area contributed by atoms with Crippen LogP contribution in [0.1, 0.15) is 23.5 Å². The molecular weight excluding hydrogens is 380 g/mol. The molecule has 0 saturated carbocycles. The van der Waals surface area contributed by atoms with Gasteiger partial charge in [-0.05, 0) is 30.0 Å². The van der Waals surface area contributed by atoms with Crippen LogP contribution in [0.3, 0.4) is 0 Å². The average Bonchev–Trinajstić information content (AvgIpc) is 2.78. The van der Waals surface area contributed by atoms with Gasteiger partial charge >= 0.3 is 0 Å². The zero-order valence-corrected chi connectivity index (χ0v) is 16.6. The fourth-order valence-electron chi connectivity index (χ4n) is 3.18. The Labute approximate surface area is 175 Å². The van der Waals surface area contributed by atoms with Gasteiger partial charge in [0.2, 0.25) is 5.91 Å². The number of hydrogen-bond acceptors (Lipinski definition) is 4. The van der Waals surface area contributed by atoms with Crippen molar-refractivity contribution in [1.82, 2.24) is 5.32 Å². The van der Waals surface area contributed by atoms with Gasteiger partial charge in [0.05, 0.1) is 23.5 Å². The summed E-state index contributed by atoms with van der Waals surface area (Å²) in [4.78, 5) is 23.2. The summed E-state index contributed by atoms with van der Waals surface area (Å²) in [5.41, 5.74) is 2.08. The summed E-state index contributed by atoms with van der Waals surface area (Å²) < 4.78 is 5.56. The van der Waals surface area contributed by atoms with E-state index in [1.807, 2.05) is 60.7 Å². The second kappa shape index (κ2) is 10.8. The van der Waals surface area contributed by atoms with Gasteiger partial charge < -0.3 is 10.1 Å². The molecule has 0 saturated heterocycles. The van der Waals surface area contributed by atoms with E-state index in [2.05, 4.69) is 5.32 Å². The van der Waals surface area contributed by atoms with Crippen LogP contribution in [0.15, 0.2) is 84.9 Å². The molecule has 6 heteroatoms. The molecule has 0 aliphatic carbocycles. The number of nitrogens with zero attached hydrogens (tertiary/aromatic N) is 1. The molecule has 1 amide bonds. The lowest BCUT2D eigenvalue weighted by atomic mass is 9.91. The van der Waals surface area contributed by atoms with Crippen LogP contribution in [0.25, 0.3) is 0 Å². The molecule has 154 valence electrons. The number of nitrogens with one attached hydrogen (secondary N) is 1. The van der Waals surface area contributed by atoms with Gasteiger partial charge in [-0.1, -0.05) is 66.7 Å². The normalized spacial score (nSPS) is 11.5. The highest BCUT2D eigenvalue weighted by Gasteiger charge is 2.20. The van der Waals surface area contributed by atoms with Crippen molar-refractivity contribution >= 4 is 11.6 Å². The lowest BCUT2D eigenvalue weighted by Crippen LogP contribution is -2.32. The maximum atomic E-state index is 12.9. The fraction of sp³-hybridized carbons (Fsp3) is 0.208. The molecule has 3 aromatic rings. The third kappa shape index (κ3) is 6.17. The average molecular weight is 404 g/mol. The smallest absolute Gasteiger partial charge is 0.273 e. The van der Waals surface area contributed by atoms with Crippen molar-refractivity contribution in [3.63, 3.8) is 0 Å². The van der Waals surface area contributed by atoms with E-state index in [0.717, 1.165) is 11.1 Å². The van der Waals surface area contributed by atoms with Gasteiger partial charge in [-0.2, -0.15) is 0 Å². The number of carbonyl (C=O) groups excluding carboxylic acids is 1. The highest BCUT2D eigenvalue weighted by atomic mass is 16.6. The molecule has 30 heavy (non-hydrogen) atoms. The van der Waals surface area contributed by atoms with Crippen LogP contribution in [-0.4, -0.2) is 24.0 Å². The number of amides is 1. The monoisotopic (exact) mass is 404 g/mol. The lowest BCUT2D eigenvalue weighted by Gasteiger charge is -2.17. The number of non-ortho nitro benzene ring substituents is 1. The Kier molecular flexibility index (Phi) is 7.55. The molecule has 0 heterocycles. The predicted octanol–water partition coefficient (Wildman–Crippen LogP) is 4.51. The summed E-state index contributed by atoms with van der Waals surface area (Å²) in [6.45, 7) is 0.821. The van der Waals surface area contributed by atoms with E-state index in [9.17, 15) is 14.9 Å². The summed E-state index contributed by atoms with van der Waals surface area (Å²) in [5, 5.41) is 13.8. The van der Waals surface area contributed by atoms with Crippen molar-refractivity contribution in [1.29, 1.82) is 0 Å². The van der Waals surface area contributed by atoms with Gasteiger partial charge in [-0.3, -0.25) is 14.9 Å². The van der Waals surface area contributed by atoms with Gasteiger partial charge in [-0.25, -0.2) is 0 Å². The van der Waals surface area contributed by atoms with Crippen molar-refractivity contribution in [2.24, 2.45) is 0 Å². The molecule has 1 N–H and O–H groups in total. The first-order valence-corrected chi connectivity index (χ1v) is 9.87. The zero-order valence-electron chi connectivity index (χ0n) is 16.6. The van der Waals surface area contributed by atoms with E-state index in [4.69, 9.17) is 4.74 Å². The Morgan fingerprint density at radius 2 is 1.67 bits per heavy atom. The van der Waals surface area contributed by atoms with Crippen LogP contribution in [0, 0.1) is 10.1 Å². The molecule has 0 bridgehead atoms. The fourth-order valence-corrected chi connectivity index (χ4v) is 3.18. The molecule has 0 aromatic heterocycles. The number of nitro benzene ring substituents is 1. The largest absolute Gasteiger partial charge is 0.493 e. The van der Waals surface area contributed by atoms with Gasteiger partial charge in [-0.15, -0.1) is 0 Å². The minimum absolute atomic E-state index is 0.00702. The van der Waals surface area contributed by atoms with Crippen LogP contribution in [0.4, 0.5) is 5.69 Å². The highest BCUT2D eigenvalue weighted by molar-refractivity contribution is 5.84. The Morgan fingerprint density at radius 1 is 0.967 bits per heavy atom. The maximum Gasteiger partial charge on any atom is 0.273 e. The molecule has 6 nitrogen and oxygen atoms in total. The van der Waals surface area contributed by atoms with E-state index in [1.165, 1.54) is 12.1 Å². The third-order valence-electron chi connectivity index (χ3n) is 4.72. The van der Waals surface area contributed by atoms with Crippen molar-refractivity contribution in [3.05, 3.63) is 106 Å². The van der Waals surface area contributed by atoms with E-state index >= 15 is 0 Å². The minimum Gasteiger partial charge on any atom is -0.493 e. The first-order chi connectivity index (χ1) is 14.6. The first kappa shape index (κ1) is 21.0. The van der Waals surface area contributed by atoms with Crippen molar-refractivity contribution in [2.75, 3.05) is 13.2 Å². The summed E-state index contributed by atoms with van der Waals surface area (Å²) in [6.07, 6.45) is 1.22. The molecule has 0 spiro atoms. The summed E-state index contributed by atoms with van der Waals surface area (Å²) >= 11 is 0. The molecule has 0 fully saturated rings. The first-order valence-electron chi connectivity index (χ1n) is 9.87. The number of hydrogen-bond donors (Lipinski definition) is 1. The summed E-state index contributed by atoms with van der Waals surface area (Å²) in [6, 6.07) is 25.8. The zero-order chi connectivity index (χ0) is 21.2.